The monoisotopic (exact) mass is 255 g/mol. The summed E-state index contributed by atoms with van der Waals surface area (Å²) in [6.45, 7) is 6.67. The van der Waals surface area contributed by atoms with Crippen molar-refractivity contribution in [2.75, 3.05) is 26.2 Å². The summed E-state index contributed by atoms with van der Waals surface area (Å²) in [4.78, 5) is 25.0. The van der Waals surface area contributed by atoms with E-state index < -0.39 is 0 Å². The van der Waals surface area contributed by atoms with Gasteiger partial charge in [-0.15, -0.1) is 0 Å². The minimum Gasteiger partial charge on any atom is -0.353 e. The summed E-state index contributed by atoms with van der Waals surface area (Å²) < 4.78 is 0. The van der Waals surface area contributed by atoms with E-state index in [9.17, 15) is 9.59 Å². The maximum atomic E-state index is 11.7. The van der Waals surface area contributed by atoms with Crippen molar-refractivity contribution in [3.63, 3.8) is 0 Å². The zero-order chi connectivity index (χ0) is 13.4. The largest absolute Gasteiger partial charge is 0.353 e. The van der Waals surface area contributed by atoms with E-state index in [4.69, 9.17) is 0 Å². The lowest BCUT2D eigenvalue weighted by Gasteiger charge is -2.15. The molecule has 5 nitrogen and oxygen atoms in total. The van der Waals surface area contributed by atoms with Crippen molar-refractivity contribution in [1.82, 2.24) is 15.5 Å². The Morgan fingerprint density at radius 1 is 1.28 bits per heavy atom. The zero-order valence-electron chi connectivity index (χ0n) is 11.5. The van der Waals surface area contributed by atoms with E-state index in [0.717, 1.165) is 32.4 Å². The molecule has 0 bridgehead atoms. The lowest BCUT2D eigenvalue weighted by Crippen LogP contribution is -2.39. The Hall–Kier alpha value is -1.10. The molecule has 104 valence electrons. The highest BCUT2D eigenvalue weighted by Gasteiger charge is 2.17. The molecule has 0 aliphatic carbocycles. The molecule has 1 aliphatic rings. The van der Waals surface area contributed by atoms with Crippen LogP contribution in [0.1, 0.15) is 39.5 Å². The molecule has 0 aromatic heterocycles. The average molecular weight is 255 g/mol. The fourth-order valence-corrected chi connectivity index (χ4v) is 1.95. The molecule has 0 radical (unpaired) electrons. The molecule has 2 N–H and O–H groups in total. The van der Waals surface area contributed by atoms with Crippen molar-refractivity contribution in [1.29, 1.82) is 0 Å². The Kier molecular flexibility index (Phi) is 6.72. The van der Waals surface area contributed by atoms with E-state index in [2.05, 4.69) is 10.6 Å². The first kappa shape index (κ1) is 15.0. The first-order valence-corrected chi connectivity index (χ1v) is 6.91. The van der Waals surface area contributed by atoms with E-state index in [1.165, 1.54) is 0 Å². The summed E-state index contributed by atoms with van der Waals surface area (Å²) >= 11 is 0. The maximum absolute atomic E-state index is 11.7. The second-order valence-electron chi connectivity index (χ2n) is 4.89. The number of nitrogens with zero attached hydrogens (tertiary/aromatic N) is 1. The predicted octanol–water partition coefficient (Wildman–Crippen LogP) is 0.503. The van der Waals surface area contributed by atoms with Gasteiger partial charge < -0.3 is 15.5 Å². The van der Waals surface area contributed by atoms with Crippen LogP contribution in [0.15, 0.2) is 0 Å². The van der Waals surface area contributed by atoms with Gasteiger partial charge in [-0.25, -0.2) is 0 Å². The number of hydrogen-bond acceptors (Lipinski definition) is 3. The van der Waals surface area contributed by atoms with E-state index >= 15 is 0 Å². The normalized spacial score (nSPS) is 16.7. The molecule has 1 rings (SSSR count). The van der Waals surface area contributed by atoms with Crippen molar-refractivity contribution in [2.45, 2.75) is 45.6 Å². The van der Waals surface area contributed by atoms with Gasteiger partial charge in [-0.05, 0) is 26.2 Å². The highest BCUT2D eigenvalue weighted by Crippen LogP contribution is 2.08. The number of carbonyl (C=O) groups excluding carboxylic acids is 2. The number of hydrogen-bond donors (Lipinski definition) is 2. The minimum atomic E-state index is -0.00188. The first-order chi connectivity index (χ1) is 8.63. The van der Waals surface area contributed by atoms with Crippen LogP contribution >= 0.6 is 0 Å². The fourth-order valence-electron chi connectivity index (χ4n) is 1.95. The molecule has 5 heteroatoms. The molecule has 0 spiro atoms. The van der Waals surface area contributed by atoms with Gasteiger partial charge in [0.25, 0.3) is 0 Å². The third kappa shape index (κ3) is 5.49. The van der Waals surface area contributed by atoms with Crippen molar-refractivity contribution in [3.8, 4) is 0 Å². The summed E-state index contributed by atoms with van der Waals surface area (Å²) in [5.74, 6) is 0.195. The molecule has 1 aliphatic heterocycles. The first-order valence-electron chi connectivity index (χ1n) is 6.91. The van der Waals surface area contributed by atoms with Gasteiger partial charge in [0, 0.05) is 32.1 Å². The third-order valence-corrected chi connectivity index (χ3v) is 3.28. The Balaban J connectivity index is 2.03. The van der Waals surface area contributed by atoms with Crippen LogP contribution < -0.4 is 10.6 Å². The van der Waals surface area contributed by atoms with Crippen LogP contribution in [-0.4, -0.2) is 48.9 Å². The summed E-state index contributed by atoms with van der Waals surface area (Å²) in [7, 11) is 0. The van der Waals surface area contributed by atoms with Crippen molar-refractivity contribution < 1.29 is 9.59 Å². The second kappa shape index (κ2) is 8.08. The highest BCUT2D eigenvalue weighted by molar-refractivity contribution is 5.78. The van der Waals surface area contributed by atoms with Crippen molar-refractivity contribution in [2.24, 2.45) is 0 Å². The van der Waals surface area contributed by atoms with E-state index in [1.807, 2.05) is 18.7 Å². The van der Waals surface area contributed by atoms with Gasteiger partial charge >= 0.3 is 0 Å². The van der Waals surface area contributed by atoms with Crippen LogP contribution in [0.3, 0.4) is 0 Å². The van der Waals surface area contributed by atoms with Gasteiger partial charge in [0.15, 0.2) is 0 Å². The topological polar surface area (TPSA) is 61.4 Å². The summed E-state index contributed by atoms with van der Waals surface area (Å²) in [6.07, 6.45) is 3.66. The van der Waals surface area contributed by atoms with Gasteiger partial charge in [0.05, 0.1) is 6.54 Å². The molecule has 1 heterocycles. The predicted molar refractivity (Wildman–Crippen MR) is 71.2 cm³/mol. The molecular weight excluding hydrogens is 230 g/mol. The van der Waals surface area contributed by atoms with Crippen LogP contribution in [-0.2, 0) is 9.59 Å². The third-order valence-electron chi connectivity index (χ3n) is 3.28. The molecule has 0 saturated carbocycles. The molecule has 1 fully saturated rings. The molecule has 1 saturated heterocycles. The molecule has 0 aromatic carbocycles. The van der Waals surface area contributed by atoms with Crippen molar-refractivity contribution in [3.05, 3.63) is 0 Å². The SMILES string of the molecule is CCC(C)NC(=O)CNCCC(=O)N1CCCC1. The quantitative estimate of drug-likeness (QED) is 0.651. The number of amides is 2. The average Bonchev–Trinajstić information content (AvgIpc) is 2.88. The second-order valence-corrected chi connectivity index (χ2v) is 4.89. The summed E-state index contributed by atoms with van der Waals surface area (Å²) in [5.41, 5.74) is 0. The molecule has 1 atom stereocenters. The van der Waals surface area contributed by atoms with Gasteiger partial charge in [-0.1, -0.05) is 6.92 Å². The summed E-state index contributed by atoms with van der Waals surface area (Å²) in [5, 5.41) is 5.89. The molecule has 1 unspecified atom stereocenters. The van der Waals surface area contributed by atoms with E-state index in [1.54, 1.807) is 0 Å². The highest BCUT2D eigenvalue weighted by atomic mass is 16.2. The zero-order valence-corrected chi connectivity index (χ0v) is 11.5. The van der Waals surface area contributed by atoms with E-state index in [0.29, 0.717) is 13.0 Å². The number of rotatable bonds is 7. The van der Waals surface area contributed by atoms with Crippen LogP contribution in [0.5, 0.6) is 0 Å². The molecular formula is C13H25N3O2. The van der Waals surface area contributed by atoms with Gasteiger partial charge in [-0.3, -0.25) is 9.59 Å². The minimum absolute atomic E-state index is 0.00188. The Morgan fingerprint density at radius 2 is 1.94 bits per heavy atom. The fraction of sp³-hybridized carbons (Fsp3) is 0.846. The molecule has 18 heavy (non-hydrogen) atoms. The lowest BCUT2D eigenvalue weighted by molar-refractivity contribution is -0.130. The number of carbonyl (C=O) groups is 2. The smallest absolute Gasteiger partial charge is 0.234 e. The summed E-state index contributed by atoms with van der Waals surface area (Å²) in [6, 6.07) is 0.213. The Bertz CT molecular complexity index is 275. The standard InChI is InChI=1S/C13H25N3O2/c1-3-11(2)15-12(17)10-14-7-6-13(18)16-8-4-5-9-16/h11,14H,3-10H2,1-2H3,(H,15,17). The number of likely N-dealkylation sites (tertiary alicyclic amines) is 1. The molecule has 0 aromatic rings. The lowest BCUT2D eigenvalue weighted by atomic mass is 10.2. The Morgan fingerprint density at radius 3 is 2.56 bits per heavy atom. The van der Waals surface area contributed by atoms with Crippen LogP contribution in [0.2, 0.25) is 0 Å². The van der Waals surface area contributed by atoms with Gasteiger partial charge in [0.1, 0.15) is 0 Å². The van der Waals surface area contributed by atoms with Crippen LogP contribution in [0.4, 0.5) is 0 Å². The molecule has 2 amide bonds. The number of nitrogens with one attached hydrogen (secondary N) is 2. The van der Waals surface area contributed by atoms with Crippen LogP contribution in [0.25, 0.3) is 0 Å². The van der Waals surface area contributed by atoms with Gasteiger partial charge in [-0.2, -0.15) is 0 Å². The maximum Gasteiger partial charge on any atom is 0.234 e. The van der Waals surface area contributed by atoms with Crippen LogP contribution in [0, 0.1) is 0 Å². The Labute approximate surface area is 109 Å². The van der Waals surface area contributed by atoms with E-state index in [-0.39, 0.29) is 24.4 Å². The van der Waals surface area contributed by atoms with Gasteiger partial charge in [0.2, 0.25) is 11.8 Å². The van der Waals surface area contributed by atoms with Crippen molar-refractivity contribution >= 4 is 11.8 Å².